The maximum absolute atomic E-state index is 4.37. The van der Waals surface area contributed by atoms with Gasteiger partial charge in [-0.3, -0.25) is 0 Å². The average molecular weight is 207 g/mol. The van der Waals surface area contributed by atoms with E-state index in [-0.39, 0.29) is 0 Å². The molecule has 2 aromatic carbocycles. The van der Waals surface area contributed by atoms with Crippen LogP contribution in [0.1, 0.15) is 5.56 Å². The summed E-state index contributed by atoms with van der Waals surface area (Å²) in [4.78, 5) is 4.37. The highest BCUT2D eigenvalue weighted by atomic mass is 15.0. The third kappa shape index (κ3) is 1.58. The van der Waals surface area contributed by atoms with E-state index in [1.807, 2.05) is 36.7 Å². The number of benzene rings is 2. The lowest BCUT2D eigenvalue weighted by Crippen LogP contribution is -1.97. The van der Waals surface area contributed by atoms with E-state index in [4.69, 9.17) is 0 Å². The molecule has 0 saturated carbocycles. The SMILES string of the molecule is [c]1ccc(Cn2cnc3ccccc32)cc1. The fourth-order valence-corrected chi connectivity index (χ4v) is 1.86. The molecule has 0 unspecified atom stereocenters. The lowest BCUT2D eigenvalue weighted by molar-refractivity contribution is 0.824. The van der Waals surface area contributed by atoms with Crippen LogP contribution in [-0.4, -0.2) is 9.55 Å². The van der Waals surface area contributed by atoms with E-state index >= 15 is 0 Å². The Labute approximate surface area is 94.2 Å². The molecule has 3 aromatic rings. The van der Waals surface area contributed by atoms with Gasteiger partial charge in [-0.25, -0.2) is 4.98 Å². The van der Waals surface area contributed by atoms with Crippen molar-refractivity contribution >= 4 is 11.0 Å². The van der Waals surface area contributed by atoms with E-state index < -0.39 is 0 Å². The topological polar surface area (TPSA) is 17.8 Å². The Balaban J connectivity index is 2.01. The first-order chi connectivity index (χ1) is 7.93. The average Bonchev–Trinajstić information content (AvgIpc) is 2.74. The number of nitrogens with zero attached hydrogens (tertiary/aromatic N) is 2. The van der Waals surface area contributed by atoms with Crippen molar-refractivity contribution in [1.29, 1.82) is 0 Å². The highest BCUT2D eigenvalue weighted by molar-refractivity contribution is 5.75. The number of rotatable bonds is 2. The molecule has 3 rings (SSSR count). The van der Waals surface area contributed by atoms with Crippen LogP contribution in [0.2, 0.25) is 0 Å². The van der Waals surface area contributed by atoms with E-state index in [2.05, 4.69) is 33.8 Å². The standard InChI is InChI=1S/C14H11N2/c1-2-6-12(7-3-1)10-16-11-15-13-8-4-5-9-14(13)16/h2-9,11H,10H2. The summed E-state index contributed by atoms with van der Waals surface area (Å²) in [7, 11) is 0. The third-order valence-corrected chi connectivity index (χ3v) is 2.67. The molecule has 0 amide bonds. The Morgan fingerprint density at radius 1 is 1.06 bits per heavy atom. The Kier molecular flexibility index (Phi) is 2.18. The second-order valence-corrected chi connectivity index (χ2v) is 3.77. The second-order valence-electron chi connectivity index (χ2n) is 3.77. The molecule has 1 radical (unpaired) electrons. The zero-order valence-corrected chi connectivity index (χ0v) is 8.80. The molecule has 0 bridgehead atoms. The molecule has 1 aromatic heterocycles. The number of imidazole rings is 1. The summed E-state index contributed by atoms with van der Waals surface area (Å²) in [5.41, 5.74) is 3.49. The van der Waals surface area contributed by atoms with E-state index in [0.29, 0.717) is 0 Å². The number of fused-ring (bicyclic) bond motifs is 1. The molecule has 2 heteroatoms. The second kappa shape index (κ2) is 3.81. The van der Waals surface area contributed by atoms with E-state index in [9.17, 15) is 0 Å². The number of hydrogen-bond donors (Lipinski definition) is 0. The normalized spacial score (nSPS) is 10.8. The smallest absolute Gasteiger partial charge is 0.0961 e. The van der Waals surface area contributed by atoms with E-state index in [0.717, 1.165) is 12.1 Å². The highest BCUT2D eigenvalue weighted by Crippen LogP contribution is 2.13. The van der Waals surface area contributed by atoms with Crippen molar-refractivity contribution in [1.82, 2.24) is 9.55 Å². The lowest BCUT2D eigenvalue weighted by atomic mass is 10.2. The molecule has 0 saturated heterocycles. The van der Waals surface area contributed by atoms with Crippen molar-refractivity contribution in [2.75, 3.05) is 0 Å². The molecule has 0 atom stereocenters. The molecular weight excluding hydrogens is 196 g/mol. The molecule has 0 fully saturated rings. The molecule has 0 N–H and O–H groups in total. The van der Waals surface area contributed by atoms with Crippen LogP contribution in [0.3, 0.4) is 0 Å². The van der Waals surface area contributed by atoms with Gasteiger partial charge in [0.25, 0.3) is 0 Å². The Hall–Kier alpha value is -2.09. The van der Waals surface area contributed by atoms with Crippen molar-refractivity contribution in [2.24, 2.45) is 0 Å². The van der Waals surface area contributed by atoms with Crippen molar-refractivity contribution in [2.45, 2.75) is 6.54 Å². The van der Waals surface area contributed by atoms with Gasteiger partial charge in [0.05, 0.1) is 17.4 Å². The van der Waals surface area contributed by atoms with Gasteiger partial charge in [0, 0.05) is 6.54 Å². The van der Waals surface area contributed by atoms with Crippen LogP contribution in [0.25, 0.3) is 11.0 Å². The van der Waals surface area contributed by atoms with Crippen molar-refractivity contribution in [3.63, 3.8) is 0 Å². The van der Waals surface area contributed by atoms with Crippen molar-refractivity contribution in [3.8, 4) is 0 Å². The van der Waals surface area contributed by atoms with Crippen LogP contribution in [0, 0.1) is 6.07 Å². The minimum Gasteiger partial charge on any atom is -0.326 e. The van der Waals surface area contributed by atoms with Crippen LogP contribution in [0.5, 0.6) is 0 Å². The molecule has 0 spiro atoms. The Morgan fingerprint density at radius 3 is 2.75 bits per heavy atom. The van der Waals surface area contributed by atoms with E-state index in [1.165, 1.54) is 11.1 Å². The summed E-state index contributed by atoms with van der Waals surface area (Å²) in [6, 6.07) is 19.2. The van der Waals surface area contributed by atoms with Gasteiger partial charge >= 0.3 is 0 Å². The zero-order valence-electron chi connectivity index (χ0n) is 8.80. The first kappa shape index (κ1) is 9.16. The summed E-state index contributed by atoms with van der Waals surface area (Å²) in [5, 5.41) is 0. The van der Waals surface area contributed by atoms with Gasteiger partial charge < -0.3 is 4.57 Å². The molecule has 2 nitrogen and oxygen atoms in total. The summed E-state index contributed by atoms with van der Waals surface area (Å²) in [6.45, 7) is 0.856. The first-order valence-electron chi connectivity index (χ1n) is 5.28. The third-order valence-electron chi connectivity index (χ3n) is 2.67. The summed E-state index contributed by atoms with van der Waals surface area (Å²) < 4.78 is 2.16. The fraction of sp³-hybridized carbons (Fsp3) is 0.0714. The van der Waals surface area contributed by atoms with Gasteiger partial charge in [0.15, 0.2) is 0 Å². The van der Waals surface area contributed by atoms with Crippen LogP contribution >= 0.6 is 0 Å². The monoisotopic (exact) mass is 207 g/mol. The van der Waals surface area contributed by atoms with Gasteiger partial charge in [-0.1, -0.05) is 36.4 Å². The number of aromatic nitrogens is 2. The number of hydrogen-bond acceptors (Lipinski definition) is 1. The van der Waals surface area contributed by atoms with Gasteiger partial charge in [0.2, 0.25) is 0 Å². The molecule has 0 aliphatic rings. The van der Waals surface area contributed by atoms with Crippen molar-refractivity contribution in [3.05, 3.63) is 66.5 Å². The predicted octanol–water partition coefficient (Wildman–Crippen LogP) is 2.88. The predicted molar refractivity (Wildman–Crippen MR) is 64.1 cm³/mol. The maximum atomic E-state index is 4.37. The Bertz CT molecular complexity index is 596. The van der Waals surface area contributed by atoms with Crippen molar-refractivity contribution < 1.29 is 0 Å². The minimum atomic E-state index is 0.856. The van der Waals surface area contributed by atoms with Crippen LogP contribution < -0.4 is 0 Å². The Morgan fingerprint density at radius 2 is 1.88 bits per heavy atom. The summed E-state index contributed by atoms with van der Waals surface area (Å²) in [5.74, 6) is 0. The highest BCUT2D eigenvalue weighted by Gasteiger charge is 2.01. The maximum Gasteiger partial charge on any atom is 0.0961 e. The quantitative estimate of drug-likeness (QED) is 0.631. The van der Waals surface area contributed by atoms with Gasteiger partial charge in [-0.15, -0.1) is 0 Å². The molecule has 0 aliphatic carbocycles. The molecule has 1 heterocycles. The van der Waals surface area contributed by atoms with Gasteiger partial charge in [-0.05, 0) is 23.8 Å². The van der Waals surface area contributed by atoms with Gasteiger partial charge in [0.1, 0.15) is 0 Å². The van der Waals surface area contributed by atoms with Crippen LogP contribution in [0.15, 0.2) is 54.9 Å². The largest absolute Gasteiger partial charge is 0.326 e. The molecule has 0 aliphatic heterocycles. The lowest BCUT2D eigenvalue weighted by Gasteiger charge is -2.03. The van der Waals surface area contributed by atoms with Gasteiger partial charge in [-0.2, -0.15) is 0 Å². The summed E-state index contributed by atoms with van der Waals surface area (Å²) in [6.07, 6.45) is 1.89. The summed E-state index contributed by atoms with van der Waals surface area (Å²) >= 11 is 0. The van der Waals surface area contributed by atoms with E-state index in [1.54, 1.807) is 0 Å². The zero-order chi connectivity index (χ0) is 10.8. The first-order valence-corrected chi connectivity index (χ1v) is 5.28. The fourth-order valence-electron chi connectivity index (χ4n) is 1.86. The minimum absolute atomic E-state index is 0.856. The van der Waals surface area contributed by atoms with Crippen LogP contribution in [0.4, 0.5) is 0 Å². The molecule has 16 heavy (non-hydrogen) atoms. The molecule has 77 valence electrons. The number of para-hydroxylation sites is 2. The molecular formula is C14H11N2. The van der Waals surface area contributed by atoms with Crippen LogP contribution in [-0.2, 0) is 6.54 Å².